The molecule has 118 valence electrons. The number of rotatable bonds is 2. The standard InChI is InChI=1S/C13H18N2O4S.ClH/c1-9-5-11-12(19-8-18-11)6-13(9)20(16,17)15-4-2-3-10(14)7-15;/h5-6,10H,2-4,7-8,14H2,1H3;1H/t10-;/m1./s1. The van der Waals surface area contributed by atoms with Gasteiger partial charge in [0.2, 0.25) is 16.8 Å². The third-order valence-corrected chi connectivity index (χ3v) is 5.72. The van der Waals surface area contributed by atoms with Gasteiger partial charge in [-0.05, 0) is 31.4 Å². The van der Waals surface area contributed by atoms with Crippen molar-refractivity contribution in [1.82, 2.24) is 4.31 Å². The van der Waals surface area contributed by atoms with Crippen molar-refractivity contribution in [2.75, 3.05) is 19.9 Å². The first-order chi connectivity index (χ1) is 9.48. The molecule has 1 aromatic rings. The van der Waals surface area contributed by atoms with Crippen LogP contribution in [-0.2, 0) is 10.0 Å². The number of sulfonamides is 1. The van der Waals surface area contributed by atoms with E-state index in [4.69, 9.17) is 15.2 Å². The highest BCUT2D eigenvalue weighted by atomic mass is 35.5. The summed E-state index contributed by atoms with van der Waals surface area (Å²) >= 11 is 0. The highest BCUT2D eigenvalue weighted by Crippen LogP contribution is 2.37. The van der Waals surface area contributed by atoms with Crippen LogP contribution in [0.1, 0.15) is 18.4 Å². The van der Waals surface area contributed by atoms with Crippen molar-refractivity contribution in [3.63, 3.8) is 0 Å². The van der Waals surface area contributed by atoms with E-state index in [-0.39, 0.29) is 30.1 Å². The SMILES string of the molecule is Cc1cc2c(cc1S(=O)(=O)N1CCC[C@@H](N)C1)OCO2.Cl. The molecular weight excluding hydrogens is 316 g/mol. The van der Waals surface area contributed by atoms with Crippen LogP contribution in [0.2, 0.25) is 0 Å². The lowest BCUT2D eigenvalue weighted by molar-refractivity contribution is 0.174. The van der Waals surface area contributed by atoms with Gasteiger partial charge in [-0.3, -0.25) is 0 Å². The van der Waals surface area contributed by atoms with Gasteiger partial charge in [0.15, 0.2) is 11.5 Å². The summed E-state index contributed by atoms with van der Waals surface area (Å²) in [7, 11) is -3.53. The molecule has 0 amide bonds. The maximum Gasteiger partial charge on any atom is 0.243 e. The van der Waals surface area contributed by atoms with E-state index >= 15 is 0 Å². The Balaban J connectivity index is 0.00000161. The van der Waals surface area contributed by atoms with Crippen molar-refractivity contribution >= 4 is 22.4 Å². The molecule has 0 spiro atoms. The van der Waals surface area contributed by atoms with Crippen LogP contribution < -0.4 is 15.2 Å². The lowest BCUT2D eigenvalue weighted by atomic mass is 10.1. The molecule has 0 bridgehead atoms. The molecule has 0 aliphatic carbocycles. The highest BCUT2D eigenvalue weighted by Gasteiger charge is 2.31. The van der Waals surface area contributed by atoms with Crippen molar-refractivity contribution in [2.45, 2.75) is 30.7 Å². The Kier molecular flexibility index (Phi) is 4.67. The predicted octanol–water partition coefficient (Wildman–Crippen LogP) is 1.26. The molecule has 0 aromatic heterocycles. The van der Waals surface area contributed by atoms with Gasteiger partial charge in [0, 0.05) is 25.2 Å². The summed E-state index contributed by atoms with van der Waals surface area (Å²) < 4.78 is 37.4. The Labute approximate surface area is 130 Å². The number of nitrogens with two attached hydrogens (primary N) is 1. The van der Waals surface area contributed by atoms with E-state index in [0.29, 0.717) is 30.2 Å². The second kappa shape index (κ2) is 6.00. The van der Waals surface area contributed by atoms with E-state index < -0.39 is 10.0 Å². The molecule has 1 aromatic carbocycles. The Morgan fingerprint density at radius 1 is 1.29 bits per heavy atom. The minimum atomic E-state index is -3.53. The maximum absolute atomic E-state index is 12.7. The summed E-state index contributed by atoms with van der Waals surface area (Å²) in [5.74, 6) is 1.08. The van der Waals surface area contributed by atoms with Crippen LogP contribution >= 0.6 is 12.4 Å². The zero-order chi connectivity index (χ0) is 14.3. The van der Waals surface area contributed by atoms with Gasteiger partial charge in [-0.2, -0.15) is 4.31 Å². The van der Waals surface area contributed by atoms with Crippen molar-refractivity contribution in [2.24, 2.45) is 5.73 Å². The fraction of sp³-hybridized carbons (Fsp3) is 0.538. The van der Waals surface area contributed by atoms with E-state index in [1.807, 2.05) is 0 Å². The average Bonchev–Trinajstić information content (AvgIpc) is 2.84. The molecule has 21 heavy (non-hydrogen) atoms. The second-order valence-corrected chi connectivity index (χ2v) is 7.14. The zero-order valence-electron chi connectivity index (χ0n) is 11.7. The smallest absolute Gasteiger partial charge is 0.243 e. The summed E-state index contributed by atoms with van der Waals surface area (Å²) in [6, 6.07) is 3.17. The first-order valence-electron chi connectivity index (χ1n) is 6.64. The topological polar surface area (TPSA) is 81.9 Å². The summed E-state index contributed by atoms with van der Waals surface area (Å²) in [5.41, 5.74) is 6.54. The molecule has 8 heteroatoms. The number of piperidine rings is 1. The minimum absolute atomic E-state index is 0. The van der Waals surface area contributed by atoms with Gasteiger partial charge in [0.05, 0.1) is 4.90 Å². The predicted molar refractivity (Wildman–Crippen MR) is 80.5 cm³/mol. The molecule has 1 fully saturated rings. The van der Waals surface area contributed by atoms with E-state index in [0.717, 1.165) is 12.8 Å². The first-order valence-corrected chi connectivity index (χ1v) is 8.08. The van der Waals surface area contributed by atoms with Crippen LogP contribution in [-0.4, -0.2) is 38.6 Å². The lowest BCUT2D eigenvalue weighted by Crippen LogP contribution is -2.45. The van der Waals surface area contributed by atoms with E-state index in [1.54, 1.807) is 19.1 Å². The molecule has 0 saturated carbocycles. The largest absolute Gasteiger partial charge is 0.454 e. The second-order valence-electron chi connectivity index (χ2n) is 5.24. The van der Waals surface area contributed by atoms with Crippen LogP contribution in [0.25, 0.3) is 0 Å². The molecule has 0 radical (unpaired) electrons. The number of fused-ring (bicyclic) bond motifs is 1. The van der Waals surface area contributed by atoms with Crippen LogP contribution in [0.5, 0.6) is 11.5 Å². The number of ether oxygens (including phenoxy) is 2. The summed E-state index contributed by atoms with van der Waals surface area (Å²) in [4.78, 5) is 0.274. The van der Waals surface area contributed by atoms with Crippen LogP contribution in [0.4, 0.5) is 0 Å². The molecule has 6 nitrogen and oxygen atoms in total. The minimum Gasteiger partial charge on any atom is -0.454 e. The molecule has 2 aliphatic heterocycles. The van der Waals surface area contributed by atoms with Gasteiger partial charge in [-0.25, -0.2) is 8.42 Å². The summed E-state index contributed by atoms with van der Waals surface area (Å²) in [6.45, 7) is 2.78. The Morgan fingerprint density at radius 2 is 1.95 bits per heavy atom. The molecule has 1 atom stereocenters. The number of benzene rings is 1. The Bertz CT molecular complexity index is 635. The monoisotopic (exact) mass is 334 g/mol. The van der Waals surface area contributed by atoms with E-state index in [1.165, 1.54) is 4.31 Å². The van der Waals surface area contributed by atoms with Crippen molar-refractivity contribution in [3.8, 4) is 11.5 Å². The number of halogens is 1. The van der Waals surface area contributed by atoms with Gasteiger partial charge in [0.25, 0.3) is 0 Å². The number of hydrogen-bond donors (Lipinski definition) is 1. The molecule has 2 heterocycles. The van der Waals surface area contributed by atoms with Gasteiger partial charge in [0.1, 0.15) is 0 Å². The fourth-order valence-electron chi connectivity index (χ4n) is 2.63. The molecule has 2 N–H and O–H groups in total. The average molecular weight is 335 g/mol. The van der Waals surface area contributed by atoms with Crippen LogP contribution in [0.3, 0.4) is 0 Å². The summed E-state index contributed by atoms with van der Waals surface area (Å²) in [5, 5.41) is 0. The van der Waals surface area contributed by atoms with Crippen LogP contribution in [0.15, 0.2) is 17.0 Å². The fourth-order valence-corrected chi connectivity index (χ4v) is 4.39. The molecule has 2 aliphatic rings. The highest BCUT2D eigenvalue weighted by molar-refractivity contribution is 7.89. The maximum atomic E-state index is 12.7. The van der Waals surface area contributed by atoms with Gasteiger partial charge >= 0.3 is 0 Å². The molecule has 0 unspecified atom stereocenters. The number of aryl methyl sites for hydroxylation is 1. The first kappa shape index (κ1) is 16.4. The lowest BCUT2D eigenvalue weighted by Gasteiger charge is -2.30. The molecular formula is C13H19ClN2O4S. The molecule has 3 rings (SSSR count). The van der Waals surface area contributed by atoms with Gasteiger partial charge in [-0.15, -0.1) is 12.4 Å². The van der Waals surface area contributed by atoms with Crippen molar-refractivity contribution in [3.05, 3.63) is 17.7 Å². The van der Waals surface area contributed by atoms with Crippen molar-refractivity contribution in [1.29, 1.82) is 0 Å². The third-order valence-electron chi connectivity index (χ3n) is 3.71. The summed E-state index contributed by atoms with van der Waals surface area (Å²) in [6.07, 6.45) is 1.66. The van der Waals surface area contributed by atoms with E-state index in [2.05, 4.69) is 0 Å². The zero-order valence-corrected chi connectivity index (χ0v) is 13.4. The van der Waals surface area contributed by atoms with Gasteiger partial charge < -0.3 is 15.2 Å². The van der Waals surface area contributed by atoms with Gasteiger partial charge in [-0.1, -0.05) is 0 Å². The molecule has 1 saturated heterocycles. The third kappa shape index (κ3) is 2.96. The van der Waals surface area contributed by atoms with E-state index in [9.17, 15) is 8.42 Å². The quantitative estimate of drug-likeness (QED) is 0.880. The number of hydrogen-bond acceptors (Lipinski definition) is 5. The Morgan fingerprint density at radius 3 is 2.62 bits per heavy atom. The number of nitrogens with zero attached hydrogens (tertiary/aromatic N) is 1. The Hall–Kier alpha value is -1.02. The van der Waals surface area contributed by atoms with Crippen molar-refractivity contribution < 1.29 is 17.9 Å². The van der Waals surface area contributed by atoms with Crippen LogP contribution in [0, 0.1) is 6.92 Å². The normalized spacial score (nSPS) is 21.9.